The van der Waals surface area contributed by atoms with Crippen LogP contribution in [0, 0.1) is 0 Å². The normalized spacial score (nSPS) is 18.1. The van der Waals surface area contributed by atoms with Crippen LogP contribution in [0.25, 0.3) is 0 Å². The Kier molecular flexibility index (Phi) is 5.12. The zero-order valence-corrected chi connectivity index (χ0v) is 14.1. The van der Waals surface area contributed by atoms with Gasteiger partial charge in [0.2, 0.25) is 0 Å². The van der Waals surface area contributed by atoms with Gasteiger partial charge < -0.3 is 14.4 Å². The molecule has 4 heteroatoms. The van der Waals surface area contributed by atoms with Crippen molar-refractivity contribution in [3.63, 3.8) is 0 Å². The maximum atomic E-state index is 12.2. The number of hydrogen-bond acceptors (Lipinski definition) is 3. The number of nitrogens with zero attached hydrogens (tertiary/aromatic N) is 1. The molecule has 0 radical (unpaired) electrons. The molecule has 122 valence electrons. The summed E-state index contributed by atoms with van der Waals surface area (Å²) in [6.45, 7) is 9.68. The predicted octanol–water partition coefficient (Wildman–Crippen LogP) is 3.95. The van der Waals surface area contributed by atoms with Gasteiger partial charge in [-0.3, -0.25) is 0 Å². The Morgan fingerprint density at radius 2 is 1.77 bits per heavy atom. The molecule has 1 heterocycles. The number of piperidine rings is 1. The Bertz CT molecular complexity index is 485. The highest BCUT2D eigenvalue weighted by atomic mass is 16.6. The molecule has 0 bridgehead atoms. The molecule has 1 aliphatic heterocycles. The largest absolute Gasteiger partial charge is 0.444 e. The fourth-order valence-corrected chi connectivity index (χ4v) is 2.91. The van der Waals surface area contributed by atoms with Gasteiger partial charge in [0.1, 0.15) is 5.60 Å². The third-order valence-corrected chi connectivity index (χ3v) is 3.94. The average molecular weight is 305 g/mol. The second-order valence-corrected chi connectivity index (χ2v) is 6.76. The second-order valence-electron chi connectivity index (χ2n) is 6.76. The molecule has 4 nitrogen and oxygen atoms in total. The fourth-order valence-electron chi connectivity index (χ4n) is 2.91. The van der Waals surface area contributed by atoms with Crippen molar-refractivity contribution in [2.75, 3.05) is 19.7 Å². The quantitative estimate of drug-likeness (QED) is 0.848. The Labute approximate surface area is 133 Å². The van der Waals surface area contributed by atoms with Gasteiger partial charge in [0, 0.05) is 19.7 Å². The molecular formula is C18H27NO3. The number of amides is 1. The van der Waals surface area contributed by atoms with Crippen LogP contribution < -0.4 is 0 Å². The minimum atomic E-state index is -0.453. The molecular weight excluding hydrogens is 278 g/mol. The lowest BCUT2D eigenvalue weighted by atomic mass is 9.84. The first kappa shape index (κ1) is 16.8. The molecule has 0 N–H and O–H groups in total. The van der Waals surface area contributed by atoms with E-state index < -0.39 is 5.60 Å². The summed E-state index contributed by atoms with van der Waals surface area (Å²) in [6, 6.07) is 10.3. The van der Waals surface area contributed by atoms with Gasteiger partial charge in [0.15, 0.2) is 0 Å². The lowest BCUT2D eigenvalue weighted by molar-refractivity contribution is -0.0855. The van der Waals surface area contributed by atoms with E-state index in [9.17, 15) is 4.79 Å². The van der Waals surface area contributed by atoms with E-state index in [1.165, 1.54) is 5.56 Å². The van der Waals surface area contributed by atoms with Crippen LogP contribution in [0.15, 0.2) is 30.3 Å². The van der Waals surface area contributed by atoms with Crippen LogP contribution in [0.4, 0.5) is 4.79 Å². The van der Waals surface area contributed by atoms with Gasteiger partial charge in [-0.1, -0.05) is 30.3 Å². The SMILES string of the molecule is CCOC1(c2ccccc2)CCN(C(=O)OC(C)(C)C)CC1. The van der Waals surface area contributed by atoms with E-state index in [4.69, 9.17) is 9.47 Å². The van der Waals surface area contributed by atoms with Crippen molar-refractivity contribution in [3.05, 3.63) is 35.9 Å². The number of carbonyl (C=O) groups is 1. The molecule has 0 aliphatic carbocycles. The molecule has 1 aromatic carbocycles. The summed E-state index contributed by atoms with van der Waals surface area (Å²) < 4.78 is 11.6. The fraction of sp³-hybridized carbons (Fsp3) is 0.611. The highest BCUT2D eigenvalue weighted by Gasteiger charge is 2.39. The van der Waals surface area contributed by atoms with E-state index >= 15 is 0 Å². The monoisotopic (exact) mass is 305 g/mol. The van der Waals surface area contributed by atoms with E-state index in [2.05, 4.69) is 12.1 Å². The van der Waals surface area contributed by atoms with Crippen molar-refractivity contribution in [1.29, 1.82) is 0 Å². The molecule has 1 saturated heterocycles. The molecule has 0 spiro atoms. The van der Waals surface area contributed by atoms with E-state index in [-0.39, 0.29) is 11.7 Å². The molecule has 1 aromatic rings. The summed E-state index contributed by atoms with van der Waals surface area (Å²) in [6.07, 6.45) is 1.36. The summed E-state index contributed by atoms with van der Waals surface area (Å²) in [5.74, 6) is 0. The molecule has 22 heavy (non-hydrogen) atoms. The summed E-state index contributed by atoms with van der Waals surface area (Å²) in [7, 11) is 0. The summed E-state index contributed by atoms with van der Waals surface area (Å²) >= 11 is 0. The first-order valence-electron chi connectivity index (χ1n) is 8.04. The lowest BCUT2D eigenvalue weighted by Gasteiger charge is -2.42. The molecule has 0 unspecified atom stereocenters. The van der Waals surface area contributed by atoms with Gasteiger partial charge in [0.05, 0.1) is 5.60 Å². The number of hydrogen-bond donors (Lipinski definition) is 0. The number of rotatable bonds is 3. The van der Waals surface area contributed by atoms with E-state index in [0.29, 0.717) is 19.7 Å². The van der Waals surface area contributed by atoms with Gasteiger partial charge in [0.25, 0.3) is 0 Å². The van der Waals surface area contributed by atoms with Crippen LogP contribution in [-0.2, 0) is 15.1 Å². The minimum absolute atomic E-state index is 0.231. The van der Waals surface area contributed by atoms with Gasteiger partial charge in [-0.25, -0.2) is 4.79 Å². The van der Waals surface area contributed by atoms with Crippen LogP contribution in [0.3, 0.4) is 0 Å². The van der Waals surface area contributed by atoms with E-state index in [0.717, 1.165) is 12.8 Å². The Morgan fingerprint density at radius 3 is 2.27 bits per heavy atom. The summed E-state index contributed by atoms with van der Waals surface area (Å²) in [4.78, 5) is 14.0. The highest BCUT2D eigenvalue weighted by molar-refractivity contribution is 5.68. The third-order valence-electron chi connectivity index (χ3n) is 3.94. The molecule has 0 atom stereocenters. The summed E-state index contributed by atoms with van der Waals surface area (Å²) in [5.41, 5.74) is 0.458. The number of benzene rings is 1. The molecule has 1 amide bonds. The predicted molar refractivity (Wildman–Crippen MR) is 86.8 cm³/mol. The first-order valence-corrected chi connectivity index (χ1v) is 8.04. The Balaban J connectivity index is 2.06. The van der Waals surface area contributed by atoms with E-state index in [1.807, 2.05) is 45.9 Å². The summed E-state index contributed by atoms with van der Waals surface area (Å²) in [5, 5.41) is 0. The number of carbonyl (C=O) groups excluding carboxylic acids is 1. The maximum absolute atomic E-state index is 12.2. The van der Waals surface area contributed by atoms with Crippen LogP contribution in [0.1, 0.15) is 46.1 Å². The molecule has 1 aliphatic rings. The standard InChI is InChI=1S/C18H27NO3/c1-5-21-18(15-9-7-6-8-10-15)11-13-19(14-12-18)16(20)22-17(2,3)4/h6-10H,5,11-14H2,1-4H3. The molecule has 1 fully saturated rings. The van der Waals surface area contributed by atoms with Crippen molar-refractivity contribution in [1.82, 2.24) is 4.90 Å². The van der Waals surface area contributed by atoms with E-state index in [1.54, 1.807) is 4.90 Å². The average Bonchev–Trinajstić information content (AvgIpc) is 2.47. The zero-order chi connectivity index (χ0) is 16.2. The van der Waals surface area contributed by atoms with Crippen molar-refractivity contribution in [3.8, 4) is 0 Å². The first-order chi connectivity index (χ1) is 10.4. The van der Waals surface area contributed by atoms with Crippen molar-refractivity contribution < 1.29 is 14.3 Å². The number of likely N-dealkylation sites (tertiary alicyclic amines) is 1. The van der Waals surface area contributed by atoms with Gasteiger partial charge in [-0.15, -0.1) is 0 Å². The molecule has 0 aromatic heterocycles. The van der Waals surface area contributed by atoms with Crippen LogP contribution in [-0.4, -0.2) is 36.3 Å². The highest BCUT2D eigenvalue weighted by Crippen LogP contribution is 2.37. The molecule has 2 rings (SSSR count). The van der Waals surface area contributed by atoms with Crippen LogP contribution >= 0.6 is 0 Å². The van der Waals surface area contributed by atoms with Crippen LogP contribution in [0.2, 0.25) is 0 Å². The molecule has 0 saturated carbocycles. The second kappa shape index (κ2) is 6.69. The van der Waals surface area contributed by atoms with Crippen molar-refractivity contribution in [2.24, 2.45) is 0 Å². The Hall–Kier alpha value is -1.55. The minimum Gasteiger partial charge on any atom is -0.444 e. The lowest BCUT2D eigenvalue weighted by Crippen LogP contribution is -2.47. The van der Waals surface area contributed by atoms with Gasteiger partial charge in [-0.2, -0.15) is 0 Å². The van der Waals surface area contributed by atoms with Gasteiger partial charge >= 0.3 is 6.09 Å². The van der Waals surface area contributed by atoms with Gasteiger partial charge in [-0.05, 0) is 46.1 Å². The zero-order valence-electron chi connectivity index (χ0n) is 14.1. The number of ether oxygens (including phenoxy) is 2. The maximum Gasteiger partial charge on any atom is 0.410 e. The van der Waals surface area contributed by atoms with Crippen LogP contribution in [0.5, 0.6) is 0 Å². The van der Waals surface area contributed by atoms with Crippen molar-refractivity contribution in [2.45, 2.75) is 51.7 Å². The Morgan fingerprint density at radius 1 is 1.18 bits per heavy atom. The topological polar surface area (TPSA) is 38.8 Å². The van der Waals surface area contributed by atoms with Crippen molar-refractivity contribution >= 4 is 6.09 Å². The third kappa shape index (κ3) is 4.01. The smallest absolute Gasteiger partial charge is 0.410 e.